The van der Waals surface area contributed by atoms with E-state index in [4.69, 9.17) is 24.1 Å². The summed E-state index contributed by atoms with van der Waals surface area (Å²) >= 11 is 0. The molecule has 0 amide bonds. The predicted octanol–water partition coefficient (Wildman–Crippen LogP) is -5.63. The summed E-state index contributed by atoms with van der Waals surface area (Å²) in [5, 5.41) is 88.0. The van der Waals surface area contributed by atoms with Gasteiger partial charge in [0.25, 0.3) is 0 Å². The molecule has 12 atom stereocenters. The summed E-state index contributed by atoms with van der Waals surface area (Å²) in [5.41, 5.74) is 0. The standard InChI is InChI=1S/C16H30O13/c1-5-9(21)11(23)12(24)15(26-5)29-14-10(22)8(4-19)28-16(13(14)25)27-7(3-18)6(20)2-17/h5-25H,2-4H2,1H3/t5-,6+,7-,8+,9-,10+,11+,12+,13-,14-,15-,16+/m0/s1. The van der Waals surface area contributed by atoms with Crippen molar-refractivity contribution in [3.63, 3.8) is 0 Å². The molecule has 0 spiro atoms. The van der Waals surface area contributed by atoms with Crippen molar-refractivity contribution in [2.45, 2.75) is 80.5 Å². The van der Waals surface area contributed by atoms with E-state index in [0.717, 1.165) is 0 Å². The van der Waals surface area contributed by atoms with Crippen molar-refractivity contribution in [2.24, 2.45) is 0 Å². The predicted molar refractivity (Wildman–Crippen MR) is 90.0 cm³/mol. The molecular weight excluding hydrogens is 400 g/mol. The quantitative estimate of drug-likeness (QED) is 0.176. The van der Waals surface area contributed by atoms with Gasteiger partial charge in [-0.3, -0.25) is 0 Å². The summed E-state index contributed by atoms with van der Waals surface area (Å²) in [6.45, 7) is -0.790. The zero-order chi connectivity index (χ0) is 21.9. The van der Waals surface area contributed by atoms with Gasteiger partial charge in [0.2, 0.25) is 0 Å². The summed E-state index contributed by atoms with van der Waals surface area (Å²) in [7, 11) is 0. The summed E-state index contributed by atoms with van der Waals surface area (Å²) in [4.78, 5) is 0. The van der Waals surface area contributed by atoms with Crippen molar-refractivity contribution in [1.29, 1.82) is 0 Å². The Morgan fingerprint density at radius 3 is 2.00 bits per heavy atom. The van der Waals surface area contributed by atoms with Crippen LogP contribution in [0.1, 0.15) is 6.92 Å². The lowest BCUT2D eigenvalue weighted by Crippen LogP contribution is -2.64. The highest BCUT2D eigenvalue weighted by atomic mass is 16.7. The molecular formula is C16H30O13. The van der Waals surface area contributed by atoms with E-state index in [-0.39, 0.29) is 0 Å². The molecule has 2 aliphatic rings. The second kappa shape index (κ2) is 10.7. The monoisotopic (exact) mass is 430 g/mol. The molecule has 172 valence electrons. The second-order valence-corrected chi connectivity index (χ2v) is 7.10. The maximum Gasteiger partial charge on any atom is 0.187 e. The fourth-order valence-electron chi connectivity index (χ4n) is 3.15. The van der Waals surface area contributed by atoms with Crippen LogP contribution in [0.2, 0.25) is 0 Å². The van der Waals surface area contributed by atoms with Gasteiger partial charge in [-0.05, 0) is 6.92 Å². The zero-order valence-electron chi connectivity index (χ0n) is 15.7. The van der Waals surface area contributed by atoms with E-state index in [1.807, 2.05) is 0 Å². The van der Waals surface area contributed by atoms with Crippen molar-refractivity contribution in [2.75, 3.05) is 19.8 Å². The SMILES string of the molecule is C[C@@H]1O[C@@H](O[C@@H]2[C@H](O)[C@H](O[C@@H](CO)[C@H](O)CO)O[C@H](CO)[C@H]2O)[C@H](O)[C@H](O)[C@H]1O. The number of rotatable bonds is 8. The smallest absolute Gasteiger partial charge is 0.187 e. The Morgan fingerprint density at radius 1 is 0.793 bits per heavy atom. The van der Waals surface area contributed by atoms with Crippen LogP contribution < -0.4 is 0 Å². The van der Waals surface area contributed by atoms with E-state index in [9.17, 15) is 40.9 Å². The van der Waals surface area contributed by atoms with Crippen LogP contribution in [0.25, 0.3) is 0 Å². The first-order valence-electron chi connectivity index (χ1n) is 9.19. The van der Waals surface area contributed by atoms with Gasteiger partial charge >= 0.3 is 0 Å². The van der Waals surface area contributed by atoms with Gasteiger partial charge in [-0.15, -0.1) is 0 Å². The molecule has 0 aromatic heterocycles. The number of hydrogen-bond donors (Lipinski definition) is 9. The van der Waals surface area contributed by atoms with Crippen LogP contribution in [-0.2, 0) is 18.9 Å². The normalized spacial score (nSPS) is 45.7. The lowest BCUT2D eigenvalue weighted by atomic mass is 9.97. The Balaban J connectivity index is 2.16. The van der Waals surface area contributed by atoms with Crippen LogP contribution in [0, 0.1) is 0 Å². The first-order valence-corrected chi connectivity index (χ1v) is 9.19. The van der Waals surface area contributed by atoms with E-state index in [2.05, 4.69) is 0 Å². The van der Waals surface area contributed by atoms with Crippen LogP contribution in [0.5, 0.6) is 0 Å². The molecule has 2 rings (SSSR count). The van der Waals surface area contributed by atoms with Gasteiger partial charge < -0.3 is 64.9 Å². The van der Waals surface area contributed by atoms with E-state index in [1.54, 1.807) is 0 Å². The number of ether oxygens (including phenoxy) is 4. The van der Waals surface area contributed by atoms with Crippen molar-refractivity contribution < 1.29 is 64.9 Å². The largest absolute Gasteiger partial charge is 0.394 e. The summed E-state index contributed by atoms with van der Waals surface area (Å²) in [6.07, 6.45) is -17.9. The lowest BCUT2D eigenvalue weighted by molar-refractivity contribution is -0.364. The van der Waals surface area contributed by atoms with Crippen LogP contribution in [0.3, 0.4) is 0 Å². The third-order valence-electron chi connectivity index (χ3n) is 5.03. The average Bonchev–Trinajstić information content (AvgIpc) is 2.71. The fourth-order valence-corrected chi connectivity index (χ4v) is 3.15. The van der Waals surface area contributed by atoms with Crippen molar-refractivity contribution in [3.8, 4) is 0 Å². The number of hydrogen-bond acceptors (Lipinski definition) is 13. The summed E-state index contributed by atoms with van der Waals surface area (Å²) in [5.74, 6) is 0. The van der Waals surface area contributed by atoms with Crippen molar-refractivity contribution in [1.82, 2.24) is 0 Å². The molecule has 0 bridgehead atoms. The van der Waals surface area contributed by atoms with Gasteiger partial charge in [-0.1, -0.05) is 0 Å². The molecule has 0 saturated carbocycles. The third-order valence-corrected chi connectivity index (χ3v) is 5.03. The molecule has 13 heteroatoms. The Labute approximate surface area is 166 Å². The van der Waals surface area contributed by atoms with Crippen LogP contribution >= 0.6 is 0 Å². The molecule has 13 nitrogen and oxygen atoms in total. The van der Waals surface area contributed by atoms with Crippen molar-refractivity contribution in [3.05, 3.63) is 0 Å². The van der Waals surface area contributed by atoms with E-state index in [1.165, 1.54) is 6.92 Å². The Morgan fingerprint density at radius 2 is 1.45 bits per heavy atom. The molecule has 0 aromatic carbocycles. The summed E-state index contributed by atoms with van der Waals surface area (Å²) in [6, 6.07) is 0. The van der Waals surface area contributed by atoms with E-state index in [0.29, 0.717) is 0 Å². The minimum Gasteiger partial charge on any atom is -0.394 e. The molecule has 0 aromatic rings. The van der Waals surface area contributed by atoms with Gasteiger partial charge in [-0.2, -0.15) is 0 Å². The molecule has 2 heterocycles. The Kier molecular flexibility index (Phi) is 9.11. The molecule has 2 saturated heterocycles. The molecule has 29 heavy (non-hydrogen) atoms. The minimum absolute atomic E-state index is 0.716. The molecule has 0 unspecified atom stereocenters. The topological polar surface area (TPSA) is 219 Å². The molecule has 2 aliphatic heterocycles. The molecule has 0 radical (unpaired) electrons. The highest BCUT2D eigenvalue weighted by molar-refractivity contribution is 4.94. The van der Waals surface area contributed by atoms with Crippen LogP contribution in [-0.4, -0.2) is 139 Å². The molecule has 2 fully saturated rings. The van der Waals surface area contributed by atoms with E-state index >= 15 is 0 Å². The third kappa shape index (κ3) is 5.40. The van der Waals surface area contributed by atoms with Gasteiger partial charge in [0.1, 0.15) is 54.9 Å². The maximum absolute atomic E-state index is 10.5. The van der Waals surface area contributed by atoms with Gasteiger partial charge in [0.15, 0.2) is 12.6 Å². The van der Waals surface area contributed by atoms with Gasteiger partial charge in [0, 0.05) is 0 Å². The lowest BCUT2D eigenvalue weighted by Gasteiger charge is -2.46. The molecule has 9 N–H and O–H groups in total. The van der Waals surface area contributed by atoms with Crippen LogP contribution in [0.15, 0.2) is 0 Å². The Bertz CT molecular complexity index is 495. The number of aliphatic hydroxyl groups is 9. The summed E-state index contributed by atoms with van der Waals surface area (Å²) < 4.78 is 21.2. The second-order valence-electron chi connectivity index (χ2n) is 7.10. The highest BCUT2D eigenvalue weighted by Crippen LogP contribution is 2.30. The number of aliphatic hydroxyl groups excluding tert-OH is 9. The average molecular weight is 430 g/mol. The van der Waals surface area contributed by atoms with Gasteiger partial charge in [-0.25, -0.2) is 0 Å². The van der Waals surface area contributed by atoms with Gasteiger partial charge in [0.05, 0.1) is 25.9 Å². The minimum atomic E-state index is -1.75. The van der Waals surface area contributed by atoms with Crippen LogP contribution in [0.4, 0.5) is 0 Å². The van der Waals surface area contributed by atoms with Crippen molar-refractivity contribution >= 4 is 0 Å². The maximum atomic E-state index is 10.5. The zero-order valence-corrected chi connectivity index (χ0v) is 15.7. The molecule has 0 aliphatic carbocycles. The first-order chi connectivity index (χ1) is 13.7. The fraction of sp³-hybridized carbons (Fsp3) is 1.00. The Hall–Kier alpha value is -0.520. The van der Waals surface area contributed by atoms with E-state index < -0.39 is 93.4 Å². The first kappa shape index (κ1) is 24.7. The highest BCUT2D eigenvalue weighted by Gasteiger charge is 2.50.